The zero-order chi connectivity index (χ0) is 23.1. The van der Waals surface area contributed by atoms with Crippen LogP contribution >= 0.6 is 0 Å². The normalized spacial score (nSPS) is 28.9. The molecule has 2 saturated heterocycles. The van der Waals surface area contributed by atoms with E-state index in [4.69, 9.17) is 0 Å². The molecular weight excluding hydrogens is 416 g/mol. The number of hydrogen-bond donors (Lipinski definition) is 1. The SMILES string of the molecule is C=CC1CCC([C@@H](O)c2ccnc3c2C=CCC3)[N+]2(Cc3ccc4ccccc4c3)CCC2C1. The van der Waals surface area contributed by atoms with Crippen LogP contribution in [0.2, 0.25) is 0 Å². The fourth-order valence-electron chi connectivity index (χ4n) is 6.98. The van der Waals surface area contributed by atoms with Gasteiger partial charge < -0.3 is 9.59 Å². The average molecular weight is 452 g/mol. The number of aliphatic hydroxyl groups excluding tert-OH is 1. The summed E-state index contributed by atoms with van der Waals surface area (Å²) in [6.45, 7) is 6.28. The van der Waals surface area contributed by atoms with Gasteiger partial charge in [-0.25, -0.2) is 0 Å². The minimum Gasteiger partial charge on any atom is -0.382 e. The molecule has 1 aliphatic carbocycles. The van der Waals surface area contributed by atoms with Crippen molar-refractivity contribution in [2.24, 2.45) is 5.92 Å². The minimum atomic E-state index is -0.480. The van der Waals surface area contributed by atoms with E-state index >= 15 is 0 Å². The first-order chi connectivity index (χ1) is 16.7. The van der Waals surface area contributed by atoms with Crippen LogP contribution in [0.25, 0.3) is 16.8 Å². The Bertz CT molecular complexity index is 1250. The van der Waals surface area contributed by atoms with Gasteiger partial charge in [-0.15, -0.1) is 6.58 Å². The molecule has 1 N–H and O–H groups in total. The third kappa shape index (κ3) is 3.62. The molecule has 6 rings (SSSR count). The largest absolute Gasteiger partial charge is 0.382 e. The predicted molar refractivity (Wildman–Crippen MR) is 139 cm³/mol. The maximum Gasteiger partial charge on any atom is 0.131 e. The molecule has 3 aromatic rings. The van der Waals surface area contributed by atoms with Gasteiger partial charge in [0.1, 0.15) is 18.7 Å². The molecule has 174 valence electrons. The Hall–Kier alpha value is -2.75. The maximum absolute atomic E-state index is 12.0. The highest BCUT2D eigenvalue weighted by molar-refractivity contribution is 5.82. The van der Waals surface area contributed by atoms with Gasteiger partial charge in [-0.2, -0.15) is 0 Å². The summed E-state index contributed by atoms with van der Waals surface area (Å²) in [5, 5.41) is 14.6. The van der Waals surface area contributed by atoms with Crippen molar-refractivity contribution in [3.05, 3.63) is 95.8 Å². The number of nitrogens with zero attached hydrogens (tertiary/aromatic N) is 2. The predicted octanol–water partition coefficient (Wildman–Crippen LogP) is 6.37. The van der Waals surface area contributed by atoms with Gasteiger partial charge in [-0.05, 0) is 53.6 Å². The smallest absolute Gasteiger partial charge is 0.131 e. The van der Waals surface area contributed by atoms with Gasteiger partial charge in [0.15, 0.2) is 0 Å². The van der Waals surface area contributed by atoms with Gasteiger partial charge in [0, 0.05) is 42.3 Å². The Labute approximate surface area is 203 Å². The maximum atomic E-state index is 12.0. The second-order valence-corrected chi connectivity index (χ2v) is 10.6. The van der Waals surface area contributed by atoms with E-state index < -0.39 is 6.10 Å². The number of aryl methyl sites for hydroxylation is 1. The van der Waals surface area contributed by atoms with E-state index in [0.29, 0.717) is 12.0 Å². The molecule has 0 radical (unpaired) electrons. The van der Waals surface area contributed by atoms with E-state index in [1.54, 1.807) is 0 Å². The number of allylic oxidation sites excluding steroid dienone is 2. The molecule has 34 heavy (non-hydrogen) atoms. The quantitative estimate of drug-likeness (QED) is 0.361. The standard InChI is InChI=1S/C31H35N2O/c1-2-22-12-14-30(31(34)28-15-17-32-29-10-6-5-9-27(28)29)33(18-16-26(33)20-22)21-23-11-13-24-7-3-4-8-25(24)19-23/h2-5,7-9,11,13,15,17,19,22,26,30-31,34H,1,6,10,12,14,16,18,20-21H2/q+1/t22?,26?,30?,31-,33?/m0/s1. The molecule has 3 aliphatic rings. The molecule has 0 bridgehead atoms. The van der Waals surface area contributed by atoms with E-state index in [-0.39, 0.29) is 6.04 Å². The molecule has 1 aromatic heterocycles. The van der Waals surface area contributed by atoms with Crippen LogP contribution in [0, 0.1) is 5.92 Å². The minimum absolute atomic E-state index is 0.192. The van der Waals surface area contributed by atoms with Crippen LogP contribution in [0.3, 0.4) is 0 Å². The summed E-state index contributed by atoms with van der Waals surface area (Å²) >= 11 is 0. The number of rotatable bonds is 5. The van der Waals surface area contributed by atoms with Crippen molar-refractivity contribution in [1.29, 1.82) is 0 Å². The number of aliphatic hydroxyl groups is 1. The van der Waals surface area contributed by atoms with Gasteiger partial charge in [0.2, 0.25) is 0 Å². The number of benzene rings is 2. The fraction of sp³-hybridized carbons (Fsp3) is 0.387. The Balaban J connectivity index is 1.40. The van der Waals surface area contributed by atoms with Crippen molar-refractivity contribution in [3.63, 3.8) is 0 Å². The molecule has 2 fully saturated rings. The van der Waals surface area contributed by atoms with E-state index in [2.05, 4.69) is 78.3 Å². The number of pyridine rings is 1. The summed E-state index contributed by atoms with van der Waals surface area (Å²) < 4.78 is 1.00. The van der Waals surface area contributed by atoms with E-state index in [1.807, 2.05) is 6.20 Å². The lowest BCUT2D eigenvalue weighted by atomic mass is 9.84. The summed E-state index contributed by atoms with van der Waals surface area (Å²) in [6.07, 6.45) is 14.6. The van der Waals surface area contributed by atoms with E-state index in [0.717, 1.165) is 60.1 Å². The fourth-order valence-corrected chi connectivity index (χ4v) is 6.98. The van der Waals surface area contributed by atoms with E-state index in [9.17, 15) is 5.11 Å². The highest BCUT2D eigenvalue weighted by Crippen LogP contribution is 2.48. The van der Waals surface area contributed by atoms with Crippen LogP contribution in [0.1, 0.15) is 60.6 Å². The number of aromatic nitrogens is 1. The lowest BCUT2D eigenvalue weighted by molar-refractivity contribution is -1.02. The second kappa shape index (κ2) is 8.79. The first-order valence-electron chi connectivity index (χ1n) is 13.0. The molecule has 0 amide bonds. The number of hydrogen-bond acceptors (Lipinski definition) is 2. The van der Waals surface area contributed by atoms with Crippen molar-refractivity contribution in [1.82, 2.24) is 4.98 Å². The Kier molecular flexibility index (Phi) is 5.63. The third-order valence-corrected chi connectivity index (χ3v) is 8.92. The summed E-state index contributed by atoms with van der Waals surface area (Å²) in [6, 6.07) is 18.4. The molecule has 5 atom stereocenters. The lowest BCUT2D eigenvalue weighted by Gasteiger charge is -2.57. The highest BCUT2D eigenvalue weighted by Gasteiger charge is 2.55. The van der Waals surface area contributed by atoms with Gasteiger partial charge in [0.05, 0.1) is 12.6 Å². The van der Waals surface area contributed by atoms with Crippen molar-refractivity contribution in [2.45, 2.75) is 63.3 Å². The zero-order valence-corrected chi connectivity index (χ0v) is 19.9. The highest BCUT2D eigenvalue weighted by atomic mass is 16.3. The van der Waals surface area contributed by atoms with Gasteiger partial charge in [-0.1, -0.05) is 54.6 Å². The zero-order valence-electron chi connectivity index (χ0n) is 19.9. The molecule has 0 saturated carbocycles. The molecule has 3 heteroatoms. The Morgan fingerprint density at radius 1 is 1.09 bits per heavy atom. The van der Waals surface area contributed by atoms with E-state index in [1.165, 1.54) is 29.2 Å². The van der Waals surface area contributed by atoms with Crippen molar-refractivity contribution in [2.75, 3.05) is 6.54 Å². The van der Waals surface area contributed by atoms with Crippen LogP contribution < -0.4 is 0 Å². The van der Waals surface area contributed by atoms with Crippen molar-refractivity contribution < 1.29 is 9.59 Å². The molecule has 3 heterocycles. The summed E-state index contributed by atoms with van der Waals surface area (Å²) in [4.78, 5) is 4.63. The molecular formula is C31H35N2O+. The van der Waals surface area contributed by atoms with Crippen molar-refractivity contribution in [3.8, 4) is 0 Å². The summed E-state index contributed by atoms with van der Waals surface area (Å²) in [5.41, 5.74) is 4.75. The first-order valence-corrected chi connectivity index (χ1v) is 13.0. The monoisotopic (exact) mass is 451 g/mol. The summed E-state index contributed by atoms with van der Waals surface area (Å²) in [7, 11) is 0. The van der Waals surface area contributed by atoms with Gasteiger partial charge in [-0.3, -0.25) is 4.98 Å². The summed E-state index contributed by atoms with van der Waals surface area (Å²) in [5.74, 6) is 0.544. The second-order valence-electron chi connectivity index (χ2n) is 10.6. The number of fused-ring (bicyclic) bond motifs is 3. The van der Waals surface area contributed by atoms with Gasteiger partial charge >= 0.3 is 0 Å². The molecule has 4 unspecified atom stereocenters. The lowest BCUT2D eigenvalue weighted by Crippen LogP contribution is -2.69. The van der Waals surface area contributed by atoms with Crippen LogP contribution in [0.4, 0.5) is 0 Å². The average Bonchev–Trinajstić information content (AvgIpc) is 2.97. The van der Waals surface area contributed by atoms with Crippen LogP contribution in [0.15, 0.2) is 73.5 Å². The van der Waals surface area contributed by atoms with Crippen LogP contribution in [-0.4, -0.2) is 33.2 Å². The first kappa shape index (κ1) is 21.8. The van der Waals surface area contributed by atoms with Crippen LogP contribution in [0.5, 0.6) is 0 Å². The molecule has 3 nitrogen and oxygen atoms in total. The molecule has 0 spiro atoms. The molecule has 2 aliphatic heterocycles. The van der Waals surface area contributed by atoms with Crippen LogP contribution in [-0.2, 0) is 13.0 Å². The van der Waals surface area contributed by atoms with Gasteiger partial charge in [0.25, 0.3) is 0 Å². The van der Waals surface area contributed by atoms with Crippen molar-refractivity contribution >= 4 is 16.8 Å². The Morgan fingerprint density at radius 2 is 1.97 bits per heavy atom. The Morgan fingerprint density at radius 3 is 2.79 bits per heavy atom. The third-order valence-electron chi connectivity index (χ3n) is 8.92. The number of quaternary nitrogens is 1. The molecule has 2 aromatic carbocycles. The topological polar surface area (TPSA) is 33.1 Å².